The van der Waals surface area contributed by atoms with Gasteiger partial charge in [0.1, 0.15) is 0 Å². The van der Waals surface area contributed by atoms with E-state index in [9.17, 15) is 4.79 Å². The Balaban J connectivity index is 4.68. The van der Waals surface area contributed by atoms with Crippen molar-refractivity contribution < 1.29 is 7.87 Å². The Morgan fingerprint density at radius 3 is 1.70 bits per heavy atom. The Morgan fingerprint density at radius 1 is 0.783 bits per heavy atom. The van der Waals surface area contributed by atoms with Gasteiger partial charge in [0.2, 0.25) is 0 Å². The number of hydrogen-bond acceptors (Lipinski definition) is 2. The zero-order chi connectivity index (χ0) is 17.6. The van der Waals surface area contributed by atoms with E-state index in [0.717, 1.165) is 0 Å². The van der Waals surface area contributed by atoms with Crippen molar-refractivity contribution in [2.24, 2.45) is 0 Å². The van der Waals surface area contributed by atoms with Gasteiger partial charge in [0, 0.05) is 0 Å². The second-order valence-corrected chi connectivity index (χ2v) is 18.7. The zero-order valence-corrected chi connectivity index (χ0v) is 19.1. The number of carbonyl (C=O) groups is 1. The minimum absolute atomic E-state index is 0.112. The van der Waals surface area contributed by atoms with Crippen LogP contribution in [0, 0.1) is 0 Å². The molecular weight excluding hydrogens is 391 g/mol. The molecule has 0 aromatic heterocycles. The van der Waals surface area contributed by atoms with Crippen LogP contribution in [0.25, 0.3) is 0 Å². The van der Waals surface area contributed by atoms with Gasteiger partial charge in [0.15, 0.2) is 0 Å². The second-order valence-electron chi connectivity index (χ2n) is 7.08. The average molecular weight is 431 g/mol. The monoisotopic (exact) mass is 432 g/mol. The Hall–Kier alpha value is 0.00870. The predicted octanol–water partition coefficient (Wildman–Crippen LogP) is 7.01. The fraction of sp³-hybridized carbons (Fsp3) is 0.850. The summed E-state index contributed by atoms with van der Waals surface area (Å²) in [6.45, 7) is 12.3. The van der Waals surface area contributed by atoms with Gasteiger partial charge < -0.3 is 0 Å². The first-order valence-corrected chi connectivity index (χ1v) is 17.1. The van der Waals surface area contributed by atoms with Crippen LogP contribution in [-0.4, -0.2) is 24.8 Å². The van der Waals surface area contributed by atoms with Crippen LogP contribution in [0.4, 0.5) is 0 Å². The summed E-state index contributed by atoms with van der Waals surface area (Å²) < 4.78 is 9.84. The van der Waals surface area contributed by atoms with Crippen LogP contribution in [0.3, 0.4) is 0 Å². The summed E-state index contributed by atoms with van der Waals surface area (Å²) in [6, 6.07) is 0. The van der Waals surface area contributed by atoms with Crippen molar-refractivity contribution in [3.63, 3.8) is 0 Å². The average Bonchev–Trinajstić information content (AvgIpc) is 2.53. The summed E-state index contributed by atoms with van der Waals surface area (Å²) in [6.07, 6.45) is 12.8. The first kappa shape index (κ1) is 23.0. The molecule has 0 aliphatic heterocycles. The Labute approximate surface area is 149 Å². The molecule has 0 spiro atoms. The van der Waals surface area contributed by atoms with Gasteiger partial charge in [-0.05, 0) is 0 Å². The van der Waals surface area contributed by atoms with Crippen molar-refractivity contribution in [3.05, 3.63) is 12.2 Å². The number of rotatable bonds is 15. The topological polar surface area (TPSA) is 26.3 Å². The third-order valence-corrected chi connectivity index (χ3v) is 17.2. The van der Waals surface area contributed by atoms with Crippen LogP contribution in [-0.2, 0) is 7.87 Å². The molecule has 0 aromatic rings. The van der Waals surface area contributed by atoms with Gasteiger partial charge in [-0.2, -0.15) is 0 Å². The van der Waals surface area contributed by atoms with Crippen molar-refractivity contribution in [1.82, 2.24) is 0 Å². The molecule has 0 unspecified atom stereocenters. The van der Waals surface area contributed by atoms with E-state index >= 15 is 0 Å². The fourth-order valence-electron chi connectivity index (χ4n) is 3.04. The van der Waals surface area contributed by atoms with E-state index in [-0.39, 0.29) is 5.97 Å². The first-order valence-electron chi connectivity index (χ1n) is 9.90. The van der Waals surface area contributed by atoms with Crippen LogP contribution < -0.4 is 0 Å². The van der Waals surface area contributed by atoms with Crippen LogP contribution in [0.2, 0.25) is 13.3 Å². The molecule has 136 valence electrons. The number of unbranched alkanes of at least 4 members (excludes halogenated alkanes) is 7. The van der Waals surface area contributed by atoms with Gasteiger partial charge in [-0.25, -0.2) is 0 Å². The van der Waals surface area contributed by atoms with Gasteiger partial charge >= 0.3 is 150 Å². The van der Waals surface area contributed by atoms with Crippen LogP contribution in [0.5, 0.6) is 0 Å². The Kier molecular flexibility index (Phi) is 14.4. The molecule has 0 amide bonds. The van der Waals surface area contributed by atoms with Gasteiger partial charge in [-0.1, -0.05) is 0 Å². The maximum atomic E-state index is 12.2. The minimum atomic E-state index is -2.80. The van der Waals surface area contributed by atoms with E-state index in [2.05, 4.69) is 27.4 Å². The summed E-state index contributed by atoms with van der Waals surface area (Å²) in [4.78, 5) is 12.2. The molecule has 0 atom stereocenters. The van der Waals surface area contributed by atoms with E-state index in [0.29, 0.717) is 5.57 Å². The molecule has 0 rings (SSSR count). The number of hydrogen-bond donors (Lipinski definition) is 0. The molecule has 0 radical (unpaired) electrons. The van der Waals surface area contributed by atoms with Gasteiger partial charge in [0.25, 0.3) is 0 Å². The fourth-order valence-corrected chi connectivity index (χ4v) is 15.9. The van der Waals surface area contributed by atoms with Crippen molar-refractivity contribution in [2.45, 2.75) is 105 Å². The van der Waals surface area contributed by atoms with Crippen molar-refractivity contribution in [1.29, 1.82) is 0 Å². The summed E-state index contributed by atoms with van der Waals surface area (Å²) in [7, 11) is 0. The summed E-state index contributed by atoms with van der Waals surface area (Å²) in [5.41, 5.74) is 0.571. The third kappa shape index (κ3) is 11.2. The molecule has 0 saturated heterocycles. The van der Waals surface area contributed by atoms with E-state index in [1.165, 1.54) is 77.5 Å². The standard InChI is InChI=1S/C8H17.C4H6O2.2C4H9.Sn/c1-3-5-7-8-6-4-2;1-3(2)4(5)6;2*1-3-4-2;/h1,3-8H2,2H3;1H2,2H3,(H,5,6);2*1,3-4H2,2H3;/q;;;;+1/p-1. The van der Waals surface area contributed by atoms with Crippen LogP contribution >= 0.6 is 0 Å². The van der Waals surface area contributed by atoms with Crippen molar-refractivity contribution >= 4 is 24.8 Å². The van der Waals surface area contributed by atoms with Crippen molar-refractivity contribution in [3.8, 4) is 0 Å². The Bertz CT molecular complexity index is 318. The molecule has 0 aliphatic carbocycles. The van der Waals surface area contributed by atoms with E-state index < -0.39 is 18.8 Å². The summed E-state index contributed by atoms with van der Waals surface area (Å²) >= 11 is -2.80. The van der Waals surface area contributed by atoms with Crippen LogP contribution in [0.1, 0.15) is 91.9 Å². The molecule has 0 fully saturated rings. The first-order chi connectivity index (χ1) is 11.0. The number of carbonyl (C=O) groups excluding carboxylic acids is 1. The van der Waals surface area contributed by atoms with Gasteiger partial charge in [-0.15, -0.1) is 0 Å². The summed E-state index contributed by atoms with van der Waals surface area (Å²) in [5.74, 6) is -0.112. The summed E-state index contributed by atoms with van der Waals surface area (Å²) in [5, 5.41) is 0. The molecule has 2 nitrogen and oxygen atoms in total. The molecule has 23 heavy (non-hydrogen) atoms. The SMILES string of the molecule is C=C(C)C(=O)[O][Sn]([CH2]CCC)([CH2]CCC)[CH2]CCCCCCC. The molecule has 0 N–H and O–H groups in total. The molecule has 0 aromatic carbocycles. The third-order valence-electron chi connectivity index (χ3n) is 4.62. The van der Waals surface area contributed by atoms with Gasteiger partial charge in [-0.3, -0.25) is 0 Å². The molecule has 0 saturated carbocycles. The quantitative estimate of drug-likeness (QED) is 0.158. The molecule has 0 aliphatic rings. The molecular formula is C20H40O2Sn. The van der Waals surface area contributed by atoms with E-state index in [4.69, 9.17) is 3.07 Å². The second kappa shape index (κ2) is 14.4. The Morgan fingerprint density at radius 2 is 1.22 bits per heavy atom. The normalized spacial score (nSPS) is 11.5. The predicted molar refractivity (Wildman–Crippen MR) is 104 cm³/mol. The molecule has 0 heterocycles. The van der Waals surface area contributed by atoms with Gasteiger partial charge in [0.05, 0.1) is 0 Å². The van der Waals surface area contributed by atoms with E-state index in [1.807, 2.05) is 0 Å². The van der Waals surface area contributed by atoms with Crippen molar-refractivity contribution in [2.75, 3.05) is 0 Å². The zero-order valence-electron chi connectivity index (χ0n) is 16.2. The molecule has 3 heteroatoms. The maximum absolute atomic E-state index is 12.2. The molecule has 0 bridgehead atoms. The van der Waals surface area contributed by atoms with Crippen LogP contribution in [0.15, 0.2) is 12.2 Å². The van der Waals surface area contributed by atoms with E-state index in [1.54, 1.807) is 6.92 Å².